The quantitative estimate of drug-likeness (QED) is 0.822. The summed E-state index contributed by atoms with van der Waals surface area (Å²) in [5.74, 6) is 0.966. The number of fused-ring (bicyclic) bond motifs is 1. The second-order valence-electron chi connectivity index (χ2n) is 6.79. The fourth-order valence-corrected chi connectivity index (χ4v) is 2.99. The molecular weight excluding hydrogens is 286 g/mol. The van der Waals surface area contributed by atoms with Gasteiger partial charge in [0, 0.05) is 34.7 Å². The highest BCUT2D eigenvalue weighted by Gasteiger charge is 2.25. The zero-order valence-electron chi connectivity index (χ0n) is 14.0. The first-order valence-electron chi connectivity index (χ1n) is 7.80. The number of ketones is 1. The summed E-state index contributed by atoms with van der Waals surface area (Å²) < 4.78 is 5.70. The summed E-state index contributed by atoms with van der Waals surface area (Å²) in [6.07, 6.45) is 7.90. The van der Waals surface area contributed by atoms with Crippen LogP contribution in [0, 0.1) is 0 Å². The summed E-state index contributed by atoms with van der Waals surface area (Å²) in [4.78, 5) is 16.9. The van der Waals surface area contributed by atoms with Gasteiger partial charge in [-0.05, 0) is 23.6 Å². The molecule has 0 radical (unpaired) electrons. The number of carbonyl (C=O) groups is 1. The van der Waals surface area contributed by atoms with Crippen LogP contribution in [-0.4, -0.2) is 17.9 Å². The standard InChI is InChI=1S/C20H21NO2/c1-20(2,3)16-12-15(13-8-5-6-10-17(13)22)18-14(19(16)23-4)9-7-11-21-18/h5-9,11-12H,10H2,1-4H3. The van der Waals surface area contributed by atoms with Crippen molar-refractivity contribution in [2.24, 2.45) is 0 Å². The van der Waals surface area contributed by atoms with Crippen LogP contribution in [0.4, 0.5) is 0 Å². The van der Waals surface area contributed by atoms with Crippen LogP contribution in [0.2, 0.25) is 0 Å². The van der Waals surface area contributed by atoms with Crippen molar-refractivity contribution < 1.29 is 9.53 Å². The third-order valence-electron chi connectivity index (χ3n) is 4.15. The Kier molecular flexibility index (Phi) is 3.80. The molecule has 0 aliphatic heterocycles. The summed E-state index contributed by atoms with van der Waals surface area (Å²) >= 11 is 0. The number of hydrogen-bond donors (Lipinski definition) is 0. The van der Waals surface area contributed by atoms with Crippen molar-refractivity contribution in [2.75, 3.05) is 7.11 Å². The van der Waals surface area contributed by atoms with E-state index in [2.05, 4.69) is 31.8 Å². The number of benzene rings is 1. The monoisotopic (exact) mass is 307 g/mol. The van der Waals surface area contributed by atoms with Gasteiger partial charge in [-0.3, -0.25) is 9.78 Å². The Hall–Kier alpha value is -2.42. The van der Waals surface area contributed by atoms with Crippen LogP contribution in [0.5, 0.6) is 5.75 Å². The Labute approximate surface area is 136 Å². The first-order valence-corrected chi connectivity index (χ1v) is 7.80. The van der Waals surface area contributed by atoms with E-state index in [0.29, 0.717) is 6.42 Å². The number of aromatic nitrogens is 1. The number of nitrogens with zero attached hydrogens (tertiary/aromatic N) is 1. The third-order valence-corrected chi connectivity index (χ3v) is 4.15. The van der Waals surface area contributed by atoms with E-state index < -0.39 is 0 Å². The number of rotatable bonds is 2. The van der Waals surface area contributed by atoms with Crippen LogP contribution in [0.25, 0.3) is 16.5 Å². The molecule has 1 heterocycles. The van der Waals surface area contributed by atoms with Gasteiger partial charge in [-0.25, -0.2) is 0 Å². The number of pyridine rings is 1. The predicted molar refractivity (Wildman–Crippen MR) is 93.7 cm³/mol. The van der Waals surface area contributed by atoms with Gasteiger partial charge >= 0.3 is 0 Å². The molecule has 118 valence electrons. The fourth-order valence-electron chi connectivity index (χ4n) is 2.99. The molecule has 0 saturated heterocycles. The Morgan fingerprint density at radius 3 is 2.70 bits per heavy atom. The van der Waals surface area contributed by atoms with E-state index in [9.17, 15) is 4.79 Å². The van der Waals surface area contributed by atoms with Crippen molar-refractivity contribution in [2.45, 2.75) is 32.6 Å². The molecule has 2 aromatic rings. The smallest absolute Gasteiger partial charge is 0.167 e. The molecule has 0 spiro atoms. The van der Waals surface area contributed by atoms with Gasteiger partial charge in [-0.2, -0.15) is 0 Å². The van der Waals surface area contributed by atoms with Gasteiger partial charge in [0.15, 0.2) is 5.78 Å². The molecule has 3 nitrogen and oxygen atoms in total. The van der Waals surface area contributed by atoms with Crippen LogP contribution in [0.15, 0.2) is 42.6 Å². The molecule has 0 bridgehead atoms. The summed E-state index contributed by atoms with van der Waals surface area (Å²) in [5, 5.41) is 0.945. The van der Waals surface area contributed by atoms with Crippen molar-refractivity contribution in [3.63, 3.8) is 0 Å². The van der Waals surface area contributed by atoms with E-state index in [1.54, 1.807) is 13.3 Å². The van der Waals surface area contributed by atoms with E-state index in [1.165, 1.54) is 0 Å². The maximum absolute atomic E-state index is 12.4. The van der Waals surface area contributed by atoms with Crippen LogP contribution in [-0.2, 0) is 10.2 Å². The molecule has 1 aliphatic carbocycles. The summed E-state index contributed by atoms with van der Waals surface area (Å²) in [5.41, 5.74) is 3.41. The molecule has 1 aromatic heterocycles. The molecule has 0 N–H and O–H groups in total. The molecule has 3 heteroatoms. The second kappa shape index (κ2) is 5.65. The summed E-state index contributed by atoms with van der Waals surface area (Å²) in [6.45, 7) is 6.44. The lowest BCUT2D eigenvalue weighted by atomic mass is 9.82. The maximum Gasteiger partial charge on any atom is 0.167 e. The number of methoxy groups -OCH3 is 1. The van der Waals surface area contributed by atoms with Crippen molar-refractivity contribution in [3.8, 4) is 5.75 Å². The average molecular weight is 307 g/mol. The largest absolute Gasteiger partial charge is 0.496 e. The highest BCUT2D eigenvalue weighted by Crippen LogP contribution is 2.40. The average Bonchev–Trinajstić information content (AvgIpc) is 2.53. The Morgan fingerprint density at radius 1 is 1.26 bits per heavy atom. The minimum Gasteiger partial charge on any atom is -0.496 e. The number of hydrogen-bond acceptors (Lipinski definition) is 3. The van der Waals surface area contributed by atoms with Gasteiger partial charge in [-0.15, -0.1) is 0 Å². The fraction of sp³-hybridized carbons (Fsp3) is 0.300. The van der Waals surface area contributed by atoms with Crippen molar-refractivity contribution >= 4 is 22.3 Å². The van der Waals surface area contributed by atoms with Crippen LogP contribution < -0.4 is 4.74 Å². The van der Waals surface area contributed by atoms with Crippen LogP contribution >= 0.6 is 0 Å². The highest BCUT2D eigenvalue weighted by molar-refractivity contribution is 6.25. The molecule has 1 aromatic carbocycles. The number of ether oxygens (including phenoxy) is 1. The molecule has 0 unspecified atom stereocenters. The normalized spacial score (nSPS) is 15.0. The van der Waals surface area contributed by atoms with Gasteiger partial charge in [-0.1, -0.05) is 39.0 Å². The van der Waals surface area contributed by atoms with Gasteiger partial charge in [0.1, 0.15) is 5.75 Å². The van der Waals surface area contributed by atoms with E-state index in [0.717, 1.165) is 33.4 Å². The Bertz CT molecular complexity index is 839. The van der Waals surface area contributed by atoms with Gasteiger partial charge in [0.25, 0.3) is 0 Å². The Balaban J connectivity index is 2.40. The van der Waals surface area contributed by atoms with Gasteiger partial charge < -0.3 is 4.74 Å². The first-order chi connectivity index (χ1) is 10.9. The Morgan fingerprint density at radius 2 is 2.04 bits per heavy atom. The van der Waals surface area contributed by atoms with Crippen molar-refractivity contribution in [1.29, 1.82) is 0 Å². The van der Waals surface area contributed by atoms with Gasteiger partial charge in [0.05, 0.1) is 12.6 Å². The number of carbonyl (C=O) groups excluding carboxylic acids is 1. The zero-order chi connectivity index (χ0) is 16.6. The van der Waals surface area contributed by atoms with E-state index in [4.69, 9.17) is 4.74 Å². The minimum absolute atomic E-state index is 0.0990. The molecule has 0 saturated carbocycles. The van der Waals surface area contributed by atoms with Crippen molar-refractivity contribution in [1.82, 2.24) is 4.98 Å². The lowest BCUT2D eigenvalue weighted by Gasteiger charge is -2.25. The minimum atomic E-state index is -0.0990. The molecule has 0 atom stereocenters. The highest BCUT2D eigenvalue weighted by atomic mass is 16.5. The molecular formula is C20H21NO2. The molecule has 3 rings (SSSR count). The topological polar surface area (TPSA) is 39.2 Å². The van der Waals surface area contributed by atoms with Crippen LogP contribution in [0.1, 0.15) is 38.3 Å². The molecule has 23 heavy (non-hydrogen) atoms. The van der Waals surface area contributed by atoms with E-state index in [1.807, 2.05) is 30.4 Å². The lowest BCUT2D eigenvalue weighted by Crippen LogP contribution is -2.15. The zero-order valence-corrected chi connectivity index (χ0v) is 14.0. The van der Waals surface area contributed by atoms with Crippen LogP contribution in [0.3, 0.4) is 0 Å². The second-order valence-corrected chi connectivity index (χ2v) is 6.79. The summed E-state index contributed by atoms with van der Waals surface area (Å²) in [6, 6.07) is 5.97. The first kappa shape index (κ1) is 15.5. The van der Waals surface area contributed by atoms with E-state index in [-0.39, 0.29) is 11.2 Å². The molecule has 1 aliphatic rings. The summed E-state index contributed by atoms with van der Waals surface area (Å²) in [7, 11) is 1.68. The number of Topliss-reactive ketones (excluding diaryl/α,β-unsaturated/α-hetero) is 1. The third kappa shape index (κ3) is 2.67. The van der Waals surface area contributed by atoms with Gasteiger partial charge in [0.2, 0.25) is 0 Å². The predicted octanol–water partition coefficient (Wildman–Crippen LogP) is 4.45. The van der Waals surface area contributed by atoms with E-state index >= 15 is 0 Å². The number of allylic oxidation sites excluding steroid dienone is 4. The lowest BCUT2D eigenvalue weighted by molar-refractivity contribution is -0.113. The SMILES string of the molecule is COc1c(C(C)(C)C)cc(C2=CC=CCC2=O)c2ncccc12. The maximum atomic E-state index is 12.4. The molecule has 0 fully saturated rings. The molecule has 0 amide bonds. The van der Waals surface area contributed by atoms with Crippen molar-refractivity contribution in [3.05, 3.63) is 53.8 Å².